The molecule has 0 radical (unpaired) electrons. The van der Waals surface area contributed by atoms with E-state index >= 15 is 0 Å². The number of pyridine rings is 1. The first-order valence-electron chi connectivity index (χ1n) is 4.93. The van der Waals surface area contributed by atoms with Gasteiger partial charge in [0.2, 0.25) is 5.95 Å². The summed E-state index contributed by atoms with van der Waals surface area (Å²) in [4.78, 5) is 3.56. The number of halogens is 4. The van der Waals surface area contributed by atoms with Crippen LogP contribution in [-0.2, 0) is 6.61 Å². The van der Waals surface area contributed by atoms with E-state index in [1.165, 1.54) is 24.4 Å². The fourth-order valence-electron chi connectivity index (χ4n) is 1.50. The van der Waals surface area contributed by atoms with Crippen molar-refractivity contribution in [3.8, 4) is 11.1 Å². The van der Waals surface area contributed by atoms with Crippen molar-refractivity contribution >= 4 is 34.8 Å². The molecule has 94 valence electrons. The maximum Gasteiger partial charge on any atom is 0.220 e. The quantitative estimate of drug-likeness (QED) is 0.661. The van der Waals surface area contributed by atoms with Gasteiger partial charge in [0, 0.05) is 17.3 Å². The van der Waals surface area contributed by atoms with Crippen LogP contribution < -0.4 is 0 Å². The number of benzene rings is 1. The van der Waals surface area contributed by atoms with E-state index in [9.17, 15) is 4.39 Å². The third-order valence-corrected chi connectivity index (χ3v) is 3.41. The topological polar surface area (TPSA) is 33.1 Å². The Bertz CT molecular complexity index is 604. The van der Waals surface area contributed by atoms with Crippen molar-refractivity contribution in [3.05, 3.63) is 51.0 Å². The second kappa shape index (κ2) is 5.41. The standard InChI is InChI=1S/C12H7Cl3FNO/c13-9-3-11(15)10(14)2-7(9)8-1-6(5-18)4-17-12(8)16/h1-4,18H,5H2. The average molecular weight is 307 g/mol. The molecule has 1 aromatic carbocycles. The van der Waals surface area contributed by atoms with Gasteiger partial charge in [0.15, 0.2) is 0 Å². The van der Waals surface area contributed by atoms with Crippen LogP contribution in [0.15, 0.2) is 24.4 Å². The molecule has 0 fully saturated rings. The van der Waals surface area contributed by atoms with E-state index in [-0.39, 0.29) is 27.2 Å². The molecule has 2 rings (SSSR count). The lowest BCUT2D eigenvalue weighted by Gasteiger charge is -2.08. The average Bonchev–Trinajstić information content (AvgIpc) is 2.35. The minimum atomic E-state index is -0.688. The summed E-state index contributed by atoms with van der Waals surface area (Å²) in [7, 11) is 0. The first-order chi connectivity index (χ1) is 8.52. The number of aromatic nitrogens is 1. The molecular formula is C12H7Cl3FNO. The Labute approximate surface area is 118 Å². The van der Waals surface area contributed by atoms with E-state index in [4.69, 9.17) is 39.9 Å². The number of nitrogens with zero attached hydrogens (tertiary/aromatic N) is 1. The van der Waals surface area contributed by atoms with Crippen LogP contribution >= 0.6 is 34.8 Å². The van der Waals surface area contributed by atoms with Crippen molar-refractivity contribution in [1.82, 2.24) is 4.98 Å². The summed E-state index contributed by atoms with van der Waals surface area (Å²) in [5.41, 5.74) is 1.03. The van der Waals surface area contributed by atoms with E-state index in [2.05, 4.69) is 4.98 Å². The first kappa shape index (κ1) is 13.6. The lowest BCUT2D eigenvalue weighted by atomic mass is 10.1. The van der Waals surface area contributed by atoms with Crippen LogP contribution in [0.1, 0.15) is 5.56 Å². The molecule has 0 saturated heterocycles. The van der Waals surface area contributed by atoms with Crippen molar-refractivity contribution in [2.24, 2.45) is 0 Å². The monoisotopic (exact) mass is 305 g/mol. The van der Waals surface area contributed by atoms with Crippen LogP contribution in [-0.4, -0.2) is 10.1 Å². The molecule has 0 bridgehead atoms. The summed E-state index contributed by atoms with van der Waals surface area (Å²) in [6.07, 6.45) is 1.25. The molecule has 0 atom stereocenters. The Morgan fingerprint density at radius 3 is 2.33 bits per heavy atom. The maximum atomic E-state index is 13.7. The van der Waals surface area contributed by atoms with E-state index < -0.39 is 5.95 Å². The van der Waals surface area contributed by atoms with Crippen LogP contribution in [0.3, 0.4) is 0 Å². The van der Waals surface area contributed by atoms with Gasteiger partial charge in [0.1, 0.15) is 0 Å². The zero-order valence-corrected chi connectivity index (χ0v) is 11.2. The lowest BCUT2D eigenvalue weighted by Crippen LogP contribution is -1.94. The second-order valence-corrected chi connectivity index (χ2v) is 4.81. The fourth-order valence-corrected chi connectivity index (χ4v) is 2.14. The van der Waals surface area contributed by atoms with Gasteiger partial charge in [0.25, 0.3) is 0 Å². The molecule has 1 aromatic heterocycles. The number of rotatable bonds is 2. The molecule has 0 saturated carbocycles. The largest absolute Gasteiger partial charge is 0.392 e. The summed E-state index contributed by atoms with van der Waals surface area (Å²) >= 11 is 17.7. The summed E-state index contributed by atoms with van der Waals surface area (Å²) in [5.74, 6) is -0.688. The molecule has 0 aliphatic carbocycles. The molecule has 0 spiro atoms. The molecule has 1 N–H and O–H groups in total. The van der Waals surface area contributed by atoms with E-state index in [0.717, 1.165) is 0 Å². The van der Waals surface area contributed by atoms with Crippen molar-refractivity contribution < 1.29 is 9.50 Å². The van der Waals surface area contributed by atoms with Gasteiger partial charge < -0.3 is 5.11 Å². The molecule has 0 unspecified atom stereocenters. The molecule has 0 aliphatic rings. The minimum Gasteiger partial charge on any atom is -0.392 e. The smallest absolute Gasteiger partial charge is 0.220 e. The Kier molecular flexibility index (Phi) is 4.07. The third kappa shape index (κ3) is 2.59. The van der Waals surface area contributed by atoms with Gasteiger partial charge >= 0.3 is 0 Å². The molecule has 18 heavy (non-hydrogen) atoms. The van der Waals surface area contributed by atoms with Gasteiger partial charge in [-0.25, -0.2) is 4.98 Å². The molecular weight excluding hydrogens is 299 g/mol. The highest BCUT2D eigenvalue weighted by Gasteiger charge is 2.13. The molecule has 0 amide bonds. The normalized spacial score (nSPS) is 10.7. The highest BCUT2D eigenvalue weighted by molar-refractivity contribution is 6.44. The van der Waals surface area contributed by atoms with Crippen LogP contribution in [0.4, 0.5) is 4.39 Å². The summed E-state index contributed by atoms with van der Waals surface area (Å²) < 4.78 is 13.7. The van der Waals surface area contributed by atoms with Gasteiger partial charge in [0.05, 0.1) is 21.7 Å². The Morgan fingerprint density at radius 1 is 1.00 bits per heavy atom. The number of aliphatic hydroxyl groups is 1. The highest BCUT2D eigenvalue weighted by Crippen LogP contribution is 2.36. The summed E-state index contributed by atoms with van der Waals surface area (Å²) in [6, 6.07) is 4.37. The third-order valence-electron chi connectivity index (χ3n) is 2.38. The van der Waals surface area contributed by atoms with Gasteiger partial charge in [-0.15, -0.1) is 0 Å². The Hall–Kier alpha value is -0.870. The molecule has 0 aliphatic heterocycles. The van der Waals surface area contributed by atoms with Gasteiger partial charge in [-0.05, 0) is 23.8 Å². The van der Waals surface area contributed by atoms with E-state index in [0.29, 0.717) is 11.1 Å². The zero-order chi connectivity index (χ0) is 13.3. The van der Waals surface area contributed by atoms with Crippen molar-refractivity contribution in [3.63, 3.8) is 0 Å². The number of hydrogen-bond acceptors (Lipinski definition) is 2. The van der Waals surface area contributed by atoms with Gasteiger partial charge in [-0.2, -0.15) is 4.39 Å². The van der Waals surface area contributed by atoms with E-state index in [1.54, 1.807) is 0 Å². The van der Waals surface area contributed by atoms with Crippen LogP contribution in [0.5, 0.6) is 0 Å². The second-order valence-electron chi connectivity index (χ2n) is 3.59. The van der Waals surface area contributed by atoms with E-state index in [1.807, 2.05) is 0 Å². The minimum absolute atomic E-state index is 0.171. The fraction of sp³-hybridized carbons (Fsp3) is 0.0833. The highest BCUT2D eigenvalue weighted by atomic mass is 35.5. The number of hydrogen-bond donors (Lipinski definition) is 1. The Balaban J connectivity index is 2.64. The van der Waals surface area contributed by atoms with Crippen LogP contribution in [0.25, 0.3) is 11.1 Å². The van der Waals surface area contributed by atoms with Crippen molar-refractivity contribution in [1.29, 1.82) is 0 Å². The van der Waals surface area contributed by atoms with Gasteiger partial charge in [-0.1, -0.05) is 34.8 Å². The SMILES string of the molecule is OCc1cnc(F)c(-c2cc(Cl)c(Cl)cc2Cl)c1. The van der Waals surface area contributed by atoms with Crippen LogP contribution in [0, 0.1) is 5.95 Å². The summed E-state index contributed by atoms with van der Waals surface area (Å²) in [5, 5.41) is 9.85. The first-order valence-corrected chi connectivity index (χ1v) is 6.06. The predicted molar refractivity (Wildman–Crippen MR) is 70.6 cm³/mol. The Morgan fingerprint density at radius 2 is 1.67 bits per heavy atom. The molecule has 2 nitrogen and oxygen atoms in total. The van der Waals surface area contributed by atoms with Crippen LogP contribution in [0.2, 0.25) is 15.1 Å². The molecule has 1 heterocycles. The van der Waals surface area contributed by atoms with Crippen molar-refractivity contribution in [2.75, 3.05) is 0 Å². The zero-order valence-electron chi connectivity index (χ0n) is 8.92. The molecule has 2 aromatic rings. The summed E-state index contributed by atoms with van der Waals surface area (Å²) in [6.45, 7) is -0.237. The van der Waals surface area contributed by atoms with Crippen molar-refractivity contribution in [2.45, 2.75) is 6.61 Å². The lowest BCUT2D eigenvalue weighted by molar-refractivity contribution is 0.281. The predicted octanol–water partition coefficient (Wildman–Crippen LogP) is 4.34. The maximum absolute atomic E-state index is 13.7. The molecule has 6 heteroatoms. The number of aliphatic hydroxyl groups excluding tert-OH is 1. The van der Waals surface area contributed by atoms with Gasteiger partial charge in [-0.3, -0.25) is 0 Å².